The predicted molar refractivity (Wildman–Crippen MR) is 114 cm³/mol. The van der Waals surface area contributed by atoms with Crippen molar-refractivity contribution < 1.29 is 4.79 Å². The van der Waals surface area contributed by atoms with Crippen LogP contribution < -0.4 is 10.6 Å². The van der Waals surface area contributed by atoms with Crippen LogP contribution in [0, 0.1) is 13.8 Å². The fourth-order valence-electron chi connectivity index (χ4n) is 2.72. The molecule has 1 amide bonds. The molecular formula is C19H16N6OS2. The molecule has 0 spiro atoms. The molecule has 0 aliphatic rings. The number of benzene rings is 2. The van der Waals surface area contributed by atoms with Crippen LogP contribution in [-0.2, 0) is 0 Å². The Morgan fingerprint density at radius 2 is 1.93 bits per heavy atom. The van der Waals surface area contributed by atoms with Gasteiger partial charge in [0.25, 0.3) is 5.91 Å². The summed E-state index contributed by atoms with van der Waals surface area (Å²) in [6.45, 7) is 3.74. The normalized spacial score (nSPS) is 10.8. The lowest BCUT2D eigenvalue weighted by Gasteiger charge is -2.11. The van der Waals surface area contributed by atoms with Gasteiger partial charge in [-0.25, -0.2) is 0 Å². The van der Waals surface area contributed by atoms with Gasteiger partial charge < -0.3 is 5.32 Å². The van der Waals surface area contributed by atoms with E-state index in [2.05, 4.69) is 25.9 Å². The smallest absolute Gasteiger partial charge is 0.257 e. The number of amides is 1. The number of thiocarbonyl (C=S) groups is 1. The van der Waals surface area contributed by atoms with Crippen LogP contribution in [0.15, 0.2) is 48.5 Å². The number of nitrogens with zero attached hydrogens (tertiary/aromatic N) is 4. The Hall–Kier alpha value is -3.17. The minimum atomic E-state index is -0.240. The molecule has 0 fully saturated rings. The maximum absolute atomic E-state index is 12.4. The average Bonchev–Trinajstić information content (AvgIpc) is 3.24. The Kier molecular flexibility index (Phi) is 4.84. The third kappa shape index (κ3) is 3.62. The molecule has 28 heavy (non-hydrogen) atoms. The number of aryl methyl sites for hydroxylation is 2. The molecule has 2 aromatic heterocycles. The van der Waals surface area contributed by atoms with Crippen molar-refractivity contribution in [2.45, 2.75) is 13.8 Å². The molecule has 4 rings (SSSR count). The van der Waals surface area contributed by atoms with E-state index < -0.39 is 0 Å². The highest BCUT2D eigenvalue weighted by atomic mass is 32.1. The van der Waals surface area contributed by atoms with Crippen LogP contribution in [0.2, 0.25) is 0 Å². The molecule has 9 heteroatoms. The van der Waals surface area contributed by atoms with Crippen LogP contribution in [-0.4, -0.2) is 30.8 Å². The molecular weight excluding hydrogens is 392 g/mol. The van der Waals surface area contributed by atoms with Crippen LogP contribution in [0.1, 0.15) is 21.7 Å². The number of nitrogens with one attached hydrogen (secondary N) is 2. The number of carbonyl (C=O) groups is 1. The van der Waals surface area contributed by atoms with Gasteiger partial charge in [-0.2, -0.15) is 9.61 Å². The molecule has 0 saturated carbocycles. The van der Waals surface area contributed by atoms with E-state index in [0.29, 0.717) is 5.56 Å². The summed E-state index contributed by atoms with van der Waals surface area (Å²) >= 11 is 6.75. The lowest BCUT2D eigenvalue weighted by atomic mass is 10.1. The molecule has 140 valence electrons. The van der Waals surface area contributed by atoms with Crippen molar-refractivity contribution in [3.63, 3.8) is 0 Å². The van der Waals surface area contributed by atoms with Gasteiger partial charge in [0.2, 0.25) is 4.96 Å². The van der Waals surface area contributed by atoms with Gasteiger partial charge in [-0.05, 0) is 49.8 Å². The Morgan fingerprint density at radius 1 is 1.11 bits per heavy atom. The molecule has 0 bridgehead atoms. The third-order valence-corrected chi connectivity index (χ3v) is 5.28. The zero-order chi connectivity index (χ0) is 19.7. The quantitative estimate of drug-likeness (QED) is 0.504. The molecule has 0 unspecified atom stereocenters. The summed E-state index contributed by atoms with van der Waals surface area (Å²) in [4.78, 5) is 13.1. The summed E-state index contributed by atoms with van der Waals surface area (Å²) in [6, 6.07) is 15.0. The lowest BCUT2D eigenvalue weighted by molar-refractivity contribution is 0.0977. The van der Waals surface area contributed by atoms with E-state index in [4.69, 9.17) is 12.2 Å². The van der Waals surface area contributed by atoms with Crippen molar-refractivity contribution >= 4 is 45.2 Å². The molecule has 0 aliphatic carbocycles. The molecule has 4 aromatic rings. The first-order valence-corrected chi connectivity index (χ1v) is 9.71. The first-order chi connectivity index (χ1) is 13.5. The Morgan fingerprint density at radius 3 is 2.71 bits per heavy atom. The number of fused-ring (bicyclic) bond motifs is 1. The van der Waals surface area contributed by atoms with E-state index >= 15 is 0 Å². The Balaban J connectivity index is 1.49. The highest BCUT2D eigenvalue weighted by Crippen LogP contribution is 2.27. The van der Waals surface area contributed by atoms with Crippen molar-refractivity contribution in [3.8, 4) is 10.6 Å². The van der Waals surface area contributed by atoms with Gasteiger partial charge >= 0.3 is 0 Å². The van der Waals surface area contributed by atoms with E-state index in [1.165, 1.54) is 11.3 Å². The van der Waals surface area contributed by atoms with Crippen molar-refractivity contribution in [2.75, 3.05) is 5.32 Å². The van der Waals surface area contributed by atoms with Crippen LogP contribution in [0.3, 0.4) is 0 Å². The van der Waals surface area contributed by atoms with Crippen LogP contribution in [0.5, 0.6) is 0 Å². The summed E-state index contributed by atoms with van der Waals surface area (Å²) in [5.74, 6) is 0.503. The second-order valence-electron chi connectivity index (χ2n) is 6.15. The van der Waals surface area contributed by atoms with E-state index in [-0.39, 0.29) is 11.0 Å². The van der Waals surface area contributed by atoms with E-state index in [0.717, 1.165) is 32.6 Å². The summed E-state index contributed by atoms with van der Waals surface area (Å²) < 4.78 is 1.72. The monoisotopic (exact) mass is 408 g/mol. The van der Waals surface area contributed by atoms with Gasteiger partial charge in [-0.3, -0.25) is 10.1 Å². The highest BCUT2D eigenvalue weighted by Gasteiger charge is 2.12. The van der Waals surface area contributed by atoms with Crippen LogP contribution >= 0.6 is 23.6 Å². The predicted octanol–water partition coefficient (Wildman–Crippen LogP) is 3.60. The Bertz CT molecular complexity index is 1200. The molecule has 2 heterocycles. The fourth-order valence-corrected chi connectivity index (χ4v) is 3.81. The largest absolute Gasteiger partial charge is 0.332 e. The number of carbonyl (C=O) groups excluding carboxylic acids is 1. The Labute approximate surface area is 170 Å². The summed E-state index contributed by atoms with van der Waals surface area (Å²) in [5.41, 5.74) is 3.17. The van der Waals surface area contributed by atoms with Gasteiger partial charge in [0, 0.05) is 16.8 Å². The topological polar surface area (TPSA) is 84.2 Å². The fraction of sp³-hybridized carbons (Fsp3) is 0.105. The first-order valence-electron chi connectivity index (χ1n) is 8.48. The second kappa shape index (κ2) is 7.45. The number of aromatic nitrogens is 4. The maximum Gasteiger partial charge on any atom is 0.257 e. The standard InChI is InChI=1S/C19H16N6OS2/c1-11-6-3-4-9-15(11)16(26)21-18(27)20-14-8-5-7-13(10-14)17-24-25-12(2)22-23-19(25)28-17/h3-10H,1-2H3,(H2,20,21,26,27). The molecule has 0 atom stereocenters. The average molecular weight is 409 g/mol. The van der Waals surface area contributed by atoms with E-state index in [1.54, 1.807) is 10.6 Å². The summed E-state index contributed by atoms with van der Waals surface area (Å²) in [5, 5.41) is 19.5. The zero-order valence-electron chi connectivity index (χ0n) is 15.1. The number of hydrogen-bond donors (Lipinski definition) is 2. The first kappa shape index (κ1) is 18.2. The minimum Gasteiger partial charge on any atom is -0.332 e. The zero-order valence-corrected chi connectivity index (χ0v) is 16.8. The van der Waals surface area contributed by atoms with Crippen LogP contribution in [0.4, 0.5) is 5.69 Å². The van der Waals surface area contributed by atoms with Crippen LogP contribution in [0.25, 0.3) is 15.5 Å². The van der Waals surface area contributed by atoms with Crippen molar-refractivity contribution in [1.82, 2.24) is 25.1 Å². The number of hydrogen-bond acceptors (Lipinski definition) is 6. The van der Waals surface area contributed by atoms with Gasteiger partial charge in [-0.1, -0.05) is 41.7 Å². The summed E-state index contributed by atoms with van der Waals surface area (Å²) in [6.07, 6.45) is 0. The number of anilines is 1. The van der Waals surface area contributed by atoms with Crippen molar-refractivity contribution in [2.24, 2.45) is 0 Å². The van der Waals surface area contributed by atoms with Gasteiger partial charge in [0.15, 0.2) is 10.9 Å². The van der Waals surface area contributed by atoms with Crippen molar-refractivity contribution in [3.05, 3.63) is 65.5 Å². The second-order valence-corrected chi connectivity index (χ2v) is 7.52. The van der Waals surface area contributed by atoms with Gasteiger partial charge in [0.05, 0.1) is 0 Å². The third-order valence-electron chi connectivity index (χ3n) is 4.13. The minimum absolute atomic E-state index is 0.236. The highest BCUT2D eigenvalue weighted by molar-refractivity contribution is 7.80. The molecule has 0 radical (unpaired) electrons. The maximum atomic E-state index is 12.4. The van der Waals surface area contributed by atoms with Gasteiger partial charge in [-0.15, -0.1) is 10.2 Å². The van der Waals surface area contributed by atoms with Gasteiger partial charge in [0.1, 0.15) is 5.01 Å². The molecule has 2 aromatic carbocycles. The molecule has 0 saturated heterocycles. The lowest BCUT2D eigenvalue weighted by Crippen LogP contribution is -2.34. The summed E-state index contributed by atoms with van der Waals surface area (Å²) in [7, 11) is 0. The van der Waals surface area contributed by atoms with E-state index in [1.807, 2.05) is 56.3 Å². The van der Waals surface area contributed by atoms with E-state index in [9.17, 15) is 4.79 Å². The van der Waals surface area contributed by atoms with Crippen molar-refractivity contribution in [1.29, 1.82) is 0 Å². The molecule has 0 aliphatic heterocycles. The molecule has 7 nitrogen and oxygen atoms in total. The molecule has 2 N–H and O–H groups in total. The SMILES string of the molecule is Cc1ccccc1C(=O)NC(=S)Nc1cccc(-c2nn3c(C)nnc3s2)c1. The number of rotatable bonds is 3.